The third-order valence-corrected chi connectivity index (χ3v) is 1.70. The number of methoxy groups -OCH3 is 1. The van der Waals surface area contributed by atoms with Crippen LogP contribution in [0.15, 0.2) is 40.9 Å². The van der Waals surface area contributed by atoms with Crippen LogP contribution in [-0.4, -0.2) is 13.3 Å². The molecule has 0 heterocycles. The minimum atomic E-state index is 0.853. The van der Waals surface area contributed by atoms with Crippen LogP contribution in [0.4, 0.5) is 5.69 Å². The summed E-state index contributed by atoms with van der Waals surface area (Å²) >= 11 is 0. The van der Waals surface area contributed by atoms with E-state index in [9.17, 15) is 0 Å². The number of hydrogen-bond acceptors (Lipinski definition) is 2. The number of ether oxygens (including phenoxy) is 1. The molecule has 0 bridgehead atoms. The highest BCUT2D eigenvalue weighted by molar-refractivity contribution is 5.75. The van der Waals surface area contributed by atoms with Gasteiger partial charge in [-0.05, 0) is 44.2 Å². The standard InChI is InChI=1S/C12H15NO/c1-10(2)8-9-13-11-4-6-12(14-3)7-5-11/h4-9H,1-3H3/b13-9+. The van der Waals surface area contributed by atoms with Crippen LogP contribution in [0.5, 0.6) is 5.75 Å². The van der Waals surface area contributed by atoms with Crippen molar-refractivity contribution in [1.82, 2.24) is 0 Å². The molecule has 0 aliphatic rings. The van der Waals surface area contributed by atoms with Crippen molar-refractivity contribution in [2.24, 2.45) is 4.99 Å². The molecule has 74 valence electrons. The van der Waals surface area contributed by atoms with Crippen molar-refractivity contribution >= 4 is 11.9 Å². The molecule has 0 aliphatic heterocycles. The van der Waals surface area contributed by atoms with Gasteiger partial charge in [0.15, 0.2) is 0 Å². The Labute approximate surface area is 84.9 Å². The molecule has 0 aromatic heterocycles. The quantitative estimate of drug-likeness (QED) is 0.668. The predicted octanol–water partition coefficient (Wildman–Crippen LogP) is 3.36. The molecule has 14 heavy (non-hydrogen) atoms. The average molecular weight is 189 g/mol. The zero-order valence-corrected chi connectivity index (χ0v) is 8.82. The van der Waals surface area contributed by atoms with Gasteiger partial charge < -0.3 is 4.74 Å². The topological polar surface area (TPSA) is 21.6 Å². The number of benzene rings is 1. The normalized spacial score (nSPS) is 10.2. The number of nitrogens with zero attached hydrogens (tertiary/aromatic N) is 1. The lowest BCUT2D eigenvalue weighted by Crippen LogP contribution is -1.79. The van der Waals surface area contributed by atoms with Gasteiger partial charge in [-0.25, -0.2) is 0 Å². The van der Waals surface area contributed by atoms with Gasteiger partial charge in [0.25, 0.3) is 0 Å². The van der Waals surface area contributed by atoms with Gasteiger partial charge in [0.1, 0.15) is 5.75 Å². The summed E-state index contributed by atoms with van der Waals surface area (Å²) in [6.07, 6.45) is 3.78. The van der Waals surface area contributed by atoms with E-state index < -0.39 is 0 Å². The summed E-state index contributed by atoms with van der Waals surface area (Å²) in [5.41, 5.74) is 2.17. The first-order valence-electron chi connectivity index (χ1n) is 4.54. The summed E-state index contributed by atoms with van der Waals surface area (Å²) in [4.78, 5) is 4.26. The van der Waals surface area contributed by atoms with Crippen LogP contribution in [0, 0.1) is 0 Å². The molecular formula is C12H15NO. The van der Waals surface area contributed by atoms with E-state index in [0.29, 0.717) is 0 Å². The lowest BCUT2D eigenvalue weighted by molar-refractivity contribution is 0.415. The summed E-state index contributed by atoms with van der Waals surface area (Å²) in [6, 6.07) is 7.65. The van der Waals surface area contributed by atoms with E-state index in [1.807, 2.05) is 44.2 Å². The van der Waals surface area contributed by atoms with E-state index in [0.717, 1.165) is 11.4 Å². The van der Waals surface area contributed by atoms with Crippen LogP contribution in [0.3, 0.4) is 0 Å². The van der Waals surface area contributed by atoms with Crippen LogP contribution in [0.25, 0.3) is 0 Å². The molecule has 0 aliphatic carbocycles. The molecule has 1 aromatic carbocycles. The predicted molar refractivity (Wildman–Crippen MR) is 60.6 cm³/mol. The zero-order valence-electron chi connectivity index (χ0n) is 8.82. The second kappa shape index (κ2) is 5.22. The number of hydrogen-bond donors (Lipinski definition) is 0. The molecule has 2 heteroatoms. The molecule has 1 rings (SSSR count). The third kappa shape index (κ3) is 3.44. The second-order valence-electron chi connectivity index (χ2n) is 3.22. The lowest BCUT2D eigenvalue weighted by atomic mass is 10.3. The van der Waals surface area contributed by atoms with Crippen molar-refractivity contribution in [3.8, 4) is 5.75 Å². The van der Waals surface area contributed by atoms with E-state index in [4.69, 9.17) is 4.74 Å². The second-order valence-corrected chi connectivity index (χ2v) is 3.22. The van der Waals surface area contributed by atoms with Gasteiger partial charge in [-0.3, -0.25) is 4.99 Å². The summed E-state index contributed by atoms with van der Waals surface area (Å²) in [6.45, 7) is 4.08. The largest absolute Gasteiger partial charge is 0.497 e. The number of allylic oxidation sites excluding steroid dienone is 2. The van der Waals surface area contributed by atoms with Crippen molar-refractivity contribution in [2.75, 3.05) is 7.11 Å². The highest BCUT2D eigenvalue weighted by atomic mass is 16.5. The Kier molecular flexibility index (Phi) is 3.92. The Morgan fingerprint density at radius 3 is 2.36 bits per heavy atom. The van der Waals surface area contributed by atoms with E-state index >= 15 is 0 Å². The molecule has 0 amide bonds. The third-order valence-electron chi connectivity index (χ3n) is 1.70. The Morgan fingerprint density at radius 2 is 1.86 bits per heavy atom. The van der Waals surface area contributed by atoms with Gasteiger partial charge in [0, 0.05) is 6.21 Å². The van der Waals surface area contributed by atoms with Crippen molar-refractivity contribution in [1.29, 1.82) is 0 Å². The van der Waals surface area contributed by atoms with Crippen LogP contribution < -0.4 is 4.74 Å². The van der Waals surface area contributed by atoms with Crippen molar-refractivity contribution in [3.05, 3.63) is 35.9 Å². The molecule has 1 aromatic rings. The van der Waals surface area contributed by atoms with Gasteiger partial charge >= 0.3 is 0 Å². The molecule has 0 N–H and O–H groups in total. The fraction of sp³-hybridized carbons (Fsp3) is 0.250. The average Bonchev–Trinajstić information content (AvgIpc) is 2.18. The molecule has 0 fully saturated rings. The summed E-state index contributed by atoms with van der Waals surface area (Å²) in [5.74, 6) is 0.853. The number of aliphatic imine (C=N–C) groups is 1. The molecule has 0 atom stereocenters. The maximum Gasteiger partial charge on any atom is 0.119 e. The minimum absolute atomic E-state index is 0.853. The van der Waals surface area contributed by atoms with Gasteiger partial charge in [-0.1, -0.05) is 5.57 Å². The van der Waals surface area contributed by atoms with Gasteiger partial charge in [0.2, 0.25) is 0 Å². The summed E-state index contributed by atoms with van der Waals surface area (Å²) < 4.78 is 5.05. The molecular weight excluding hydrogens is 174 g/mol. The fourth-order valence-corrected chi connectivity index (χ4v) is 0.941. The minimum Gasteiger partial charge on any atom is -0.497 e. The van der Waals surface area contributed by atoms with Crippen molar-refractivity contribution in [3.63, 3.8) is 0 Å². The molecule has 0 saturated carbocycles. The molecule has 0 radical (unpaired) electrons. The van der Waals surface area contributed by atoms with Gasteiger partial charge in [-0.15, -0.1) is 0 Å². The monoisotopic (exact) mass is 189 g/mol. The van der Waals surface area contributed by atoms with E-state index in [2.05, 4.69) is 4.99 Å². The smallest absolute Gasteiger partial charge is 0.119 e. The molecule has 2 nitrogen and oxygen atoms in total. The lowest BCUT2D eigenvalue weighted by Gasteiger charge is -1.98. The fourth-order valence-electron chi connectivity index (χ4n) is 0.941. The number of rotatable bonds is 3. The maximum absolute atomic E-state index is 5.05. The Bertz CT molecular complexity index is 332. The zero-order chi connectivity index (χ0) is 10.4. The van der Waals surface area contributed by atoms with E-state index in [1.54, 1.807) is 13.3 Å². The highest BCUT2D eigenvalue weighted by Gasteiger charge is 1.89. The Balaban J connectivity index is 2.69. The van der Waals surface area contributed by atoms with E-state index in [-0.39, 0.29) is 0 Å². The molecule has 0 unspecified atom stereocenters. The van der Waals surface area contributed by atoms with Crippen molar-refractivity contribution in [2.45, 2.75) is 13.8 Å². The first-order chi connectivity index (χ1) is 6.72. The molecule has 0 spiro atoms. The first-order valence-corrected chi connectivity index (χ1v) is 4.54. The maximum atomic E-state index is 5.05. The van der Waals surface area contributed by atoms with E-state index in [1.165, 1.54) is 5.57 Å². The van der Waals surface area contributed by atoms with Crippen molar-refractivity contribution < 1.29 is 4.74 Å². The van der Waals surface area contributed by atoms with Gasteiger partial charge in [-0.2, -0.15) is 0 Å². The molecule has 0 saturated heterocycles. The van der Waals surface area contributed by atoms with Gasteiger partial charge in [0.05, 0.1) is 12.8 Å². The summed E-state index contributed by atoms with van der Waals surface area (Å²) in [7, 11) is 1.65. The van der Waals surface area contributed by atoms with Crippen LogP contribution >= 0.6 is 0 Å². The highest BCUT2D eigenvalue weighted by Crippen LogP contribution is 2.16. The Morgan fingerprint density at radius 1 is 1.21 bits per heavy atom. The van der Waals surface area contributed by atoms with Crippen LogP contribution in [0.1, 0.15) is 13.8 Å². The summed E-state index contributed by atoms with van der Waals surface area (Å²) in [5, 5.41) is 0. The SMILES string of the molecule is COc1ccc(/N=C/C=C(C)C)cc1. The van der Waals surface area contributed by atoms with Crippen LogP contribution in [-0.2, 0) is 0 Å². The first kappa shape index (κ1) is 10.5. The van der Waals surface area contributed by atoms with Crippen LogP contribution in [0.2, 0.25) is 0 Å². The Hall–Kier alpha value is -1.57.